The fourth-order valence-corrected chi connectivity index (χ4v) is 1.06. The van der Waals surface area contributed by atoms with E-state index in [4.69, 9.17) is 5.73 Å². The standard InChI is InChI=1S/C8H6N3O/c9-7(12)8-10-5-3-1-2-4-6(5)11-8/h1-4,9H,(H,10,11). The zero-order chi connectivity index (χ0) is 8.55. The van der Waals surface area contributed by atoms with Crippen LogP contribution in [0.4, 0.5) is 0 Å². The monoisotopic (exact) mass is 160 g/mol. The number of rotatable bonds is 1. The van der Waals surface area contributed by atoms with Crippen LogP contribution in [0.5, 0.6) is 0 Å². The number of nitrogens with one attached hydrogen (secondary N) is 2. The van der Waals surface area contributed by atoms with Gasteiger partial charge in [-0.1, -0.05) is 12.1 Å². The van der Waals surface area contributed by atoms with E-state index < -0.39 is 5.91 Å². The molecule has 59 valence electrons. The second-order valence-corrected chi connectivity index (χ2v) is 2.43. The minimum Gasteiger partial charge on any atom is -0.334 e. The van der Waals surface area contributed by atoms with Gasteiger partial charge in [-0.15, -0.1) is 0 Å². The van der Waals surface area contributed by atoms with Gasteiger partial charge in [0, 0.05) is 0 Å². The molecule has 0 spiro atoms. The molecule has 1 amide bonds. The summed E-state index contributed by atoms with van der Waals surface area (Å²) in [4.78, 5) is 17.3. The zero-order valence-corrected chi connectivity index (χ0v) is 6.16. The van der Waals surface area contributed by atoms with Gasteiger partial charge in [-0.05, 0) is 12.1 Å². The Morgan fingerprint density at radius 3 is 2.83 bits per heavy atom. The van der Waals surface area contributed by atoms with Crippen molar-refractivity contribution in [3.05, 3.63) is 30.1 Å². The highest BCUT2D eigenvalue weighted by molar-refractivity contribution is 5.92. The molecule has 1 heterocycles. The summed E-state index contributed by atoms with van der Waals surface area (Å²) in [6.07, 6.45) is 0. The molecule has 0 atom stereocenters. The maximum absolute atomic E-state index is 10.6. The number of para-hydroxylation sites is 2. The lowest BCUT2D eigenvalue weighted by Crippen LogP contribution is -2.00. The first-order valence-electron chi connectivity index (χ1n) is 3.48. The number of aromatic amines is 1. The maximum atomic E-state index is 10.6. The Hall–Kier alpha value is -1.84. The lowest BCUT2D eigenvalue weighted by atomic mass is 10.3. The van der Waals surface area contributed by atoms with E-state index in [1.165, 1.54) is 0 Å². The Kier molecular flexibility index (Phi) is 1.33. The lowest BCUT2D eigenvalue weighted by Gasteiger charge is -1.81. The number of amides is 1. The highest BCUT2D eigenvalue weighted by Crippen LogP contribution is 2.09. The zero-order valence-electron chi connectivity index (χ0n) is 6.16. The largest absolute Gasteiger partial charge is 0.334 e. The number of aromatic nitrogens is 2. The van der Waals surface area contributed by atoms with Crippen molar-refractivity contribution >= 4 is 16.9 Å². The summed E-state index contributed by atoms with van der Waals surface area (Å²) in [5.41, 5.74) is 8.32. The second-order valence-electron chi connectivity index (χ2n) is 2.43. The van der Waals surface area contributed by atoms with E-state index in [9.17, 15) is 4.79 Å². The van der Waals surface area contributed by atoms with Gasteiger partial charge in [-0.3, -0.25) is 10.5 Å². The Labute approximate surface area is 68.4 Å². The molecule has 1 aromatic carbocycles. The molecule has 0 unspecified atom stereocenters. The summed E-state index contributed by atoms with van der Waals surface area (Å²) < 4.78 is 0. The minimum atomic E-state index is -0.786. The van der Waals surface area contributed by atoms with E-state index in [1.807, 2.05) is 18.2 Å². The van der Waals surface area contributed by atoms with E-state index in [0.29, 0.717) is 5.52 Å². The first-order valence-corrected chi connectivity index (χ1v) is 3.48. The van der Waals surface area contributed by atoms with Crippen molar-refractivity contribution < 1.29 is 4.79 Å². The Morgan fingerprint density at radius 1 is 1.42 bits per heavy atom. The van der Waals surface area contributed by atoms with E-state index in [-0.39, 0.29) is 5.82 Å². The number of carbonyl (C=O) groups excluding carboxylic acids is 1. The van der Waals surface area contributed by atoms with Gasteiger partial charge < -0.3 is 4.98 Å². The van der Waals surface area contributed by atoms with Crippen molar-refractivity contribution in [3.8, 4) is 0 Å². The third kappa shape index (κ3) is 0.934. The molecule has 1 radical (unpaired) electrons. The molecule has 0 aliphatic carbocycles. The molecule has 0 aliphatic rings. The van der Waals surface area contributed by atoms with Gasteiger partial charge in [-0.2, -0.15) is 0 Å². The first kappa shape index (κ1) is 6.84. The molecule has 12 heavy (non-hydrogen) atoms. The van der Waals surface area contributed by atoms with Crippen LogP contribution in [0, 0.1) is 0 Å². The van der Waals surface area contributed by atoms with E-state index in [0.717, 1.165) is 5.52 Å². The Morgan fingerprint density at radius 2 is 2.17 bits per heavy atom. The average Bonchev–Trinajstić information content (AvgIpc) is 2.46. The van der Waals surface area contributed by atoms with Gasteiger partial charge in [0.15, 0.2) is 5.82 Å². The quantitative estimate of drug-likeness (QED) is 0.675. The van der Waals surface area contributed by atoms with Crippen molar-refractivity contribution in [2.45, 2.75) is 0 Å². The van der Waals surface area contributed by atoms with Gasteiger partial charge >= 0.3 is 5.91 Å². The number of fused-ring (bicyclic) bond motifs is 1. The van der Waals surface area contributed by atoms with Gasteiger partial charge in [0.05, 0.1) is 11.0 Å². The fourth-order valence-electron chi connectivity index (χ4n) is 1.06. The van der Waals surface area contributed by atoms with E-state index >= 15 is 0 Å². The molecular formula is C8H6N3O. The molecule has 0 aliphatic heterocycles. The number of carbonyl (C=O) groups is 1. The van der Waals surface area contributed by atoms with Crippen LogP contribution >= 0.6 is 0 Å². The number of hydrogen-bond donors (Lipinski definition) is 1. The molecule has 0 fully saturated rings. The van der Waals surface area contributed by atoms with Crippen LogP contribution < -0.4 is 5.73 Å². The predicted molar refractivity (Wildman–Crippen MR) is 43.5 cm³/mol. The molecule has 0 saturated carbocycles. The minimum absolute atomic E-state index is 0.0937. The first-order chi connectivity index (χ1) is 5.77. The highest BCUT2D eigenvalue weighted by atomic mass is 16.1. The predicted octanol–water partition coefficient (Wildman–Crippen LogP) is 0.986. The molecule has 2 rings (SSSR count). The SMILES string of the molecule is [NH]C(=O)c1nc2ccccc2[nH]1. The molecule has 0 saturated heterocycles. The van der Waals surface area contributed by atoms with E-state index in [1.54, 1.807) is 6.07 Å². The van der Waals surface area contributed by atoms with E-state index in [2.05, 4.69) is 9.97 Å². The van der Waals surface area contributed by atoms with Crippen molar-refractivity contribution in [2.24, 2.45) is 0 Å². The fraction of sp³-hybridized carbons (Fsp3) is 0. The van der Waals surface area contributed by atoms with Crippen molar-refractivity contribution in [1.29, 1.82) is 0 Å². The molecule has 4 nitrogen and oxygen atoms in total. The maximum Gasteiger partial charge on any atom is 0.305 e. The normalized spacial score (nSPS) is 10.3. The number of H-pyrrole nitrogens is 1. The average molecular weight is 160 g/mol. The van der Waals surface area contributed by atoms with Crippen LogP contribution in [0.2, 0.25) is 0 Å². The third-order valence-corrected chi connectivity index (χ3v) is 1.60. The summed E-state index contributed by atoms with van der Waals surface area (Å²) in [5, 5.41) is 0. The number of nitrogens with zero attached hydrogens (tertiary/aromatic N) is 1. The number of hydrogen-bond acceptors (Lipinski definition) is 2. The summed E-state index contributed by atoms with van der Waals surface area (Å²) in [7, 11) is 0. The van der Waals surface area contributed by atoms with Gasteiger partial charge in [0.2, 0.25) is 0 Å². The van der Waals surface area contributed by atoms with Crippen LogP contribution in [0.1, 0.15) is 10.6 Å². The van der Waals surface area contributed by atoms with Crippen LogP contribution in [0.15, 0.2) is 24.3 Å². The second kappa shape index (κ2) is 2.34. The van der Waals surface area contributed by atoms with Crippen molar-refractivity contribution in [3.63, 3.8) is 0 Å². The molecule has 4 heteroatoms. The smallest absolute Gasteiger partial charge is 0.305 e. The summed E-state index contributed by atoms with van der Waals surface area (Å²) in [6.45, 7) is 0. The van der Waals surface area contributed by atoms with Crippen molar-refractivity contribution in [1.82, 2.24) is 15.7 Å². The van der Waals surface area contributed by atoms with Gasteiger partial charge in [0.25, 0.3) is 0 Å². The van der Waals surface area contributed by atoms with Crippen LogP contribution in [0.25, 0.3) is 11.0 Å². The number of benzene rings is 1. The van der Waals surface area contributed by atoms with Gasteiger partial charge in [-0.25, -0.2) is 4.98 Å². The molecule has 1 aromatic heterocycles. The van der Waals surface area contributed by atoms with Crippen LogP contribution in [0.3, 0.4) is 0 Å². The summed E-state index contributed by atoms with van der Waals surface area (Å²) in [5.74, 6) is -0.692. The van der Waals surface area contributed by atoms with Crippen LogP contribution in [-0.2, 0) is 0 Å². The molecule has 0 bridgehead atoms. The number of imidazole rings is 1. The summed E-state index contributed by atoms with van der Waals surface area (Å²) >= 11 is 0. The Balaban J connectivity index is 2.70. The van der Waals surface area contributed by atoms with Crippen LogP contribution in [-0.4, -0.2) is 15.9 Å². The Bertz CT molecular complexity index is 400. The van der Waals surface area contributed by atoms with Crippen molar-refractivity contribution in [2.75, 3.05) is 0 Å². The highest BCUT2D eigenvalue weighted by Gasteiger charge is 2.06. The third-order valence-electron chi connectivity index (χ3n) is 1.60. The topological polar surface area (TPSA) is 69.6 Å². The van der Waals surface area contributed by atoms with Gasteiger partial charge in [0.1, 0.15) is 0 Å². The lowest BCUT2D eigenvalue weighted by molar-refractivity contribution is 0.0983. The molecule has 2 N–H and O–H groups in total. The molecular weight excluding hydrogens is 154 g/mol. The molecule has 2 aromatic rings. The summed E-state index contributed by atoms with van der Waals surface area (Å²) in [6, 6.07) is 7.28.